The van der Waals surface area contributed by atoms with Gasteiger partial charge in [-0.1, -0.05) is 0 Å². The molecule has 118 valence electrons. The van der Waals surface area contributed by atoms with Gasteiger partial charge >= 0.3 is 0 Å². The molecule has 1 aliphatic heterocycles. The van der Waals surface area contributed by atoms with Gasteiger partial charge in [0.05, 0.1) is 25.1 Å². The molecule has 22 heavy (non-hydrogen) atoms. The fourth-order valence-electron chi connectivity index (χ4n) is 3.13. The number of nitrogens with zero attached hydrogens (tertiary/aromatic N) is 5. The van der Waals surface area contributed by atoms with E-state index in [0.717, 1.165) is 31.5 Å². The van der Waals surface area contributed by atoms with Crippen molar-refractivity contribution in [1.29, 1.82) is 0 Å². The highest BCUT2D eigenvalue weighted by molar-refractivity contribution is 5.80. The van der Waals surface area contributed by atoms with Gasteiger partial charge in [0, 0.05) is 25.1 Å². The second kappa shape index (κ2) is 6.34. The van der Waals surface area contributed by atoms with Crippen molar-refractivity contribution in [3.8, 4) is 0 Å². The van der Waals surface area contributed by atoms with E-state index in [1.165, 1.54) is 6.42 Å². The second-order valence-electron chi connectivity index (χ2n) is 6.11. The van der Waals surface area contributed by atoms with E-state index in [1.54, 1.807) is 12.5 Å². The number of piperidine rings is 1. The summed E-state index contributed by atoms with van der Waals surface area (Å²) in [6, 6.07) is 0.0222. The summed E-state index contributed by atoms with van der Waals surface area (Å²) >= 11 is 0. The molecule has 2 aromatic heterocycles. The topological polar surface area (TPSA) is 56.0 Å². The van der Waals surface area contributed by atoms with E-state index in [1.807, 2.05) is 46.6 Å². The fraction of sp³-hybridized carbons (Fsp3) is 0.562. The van der Waals surface area contributed by atoms with Crippen molar-refractivity contribution in [3.05, 3.63) is 36.7 Å². The minimum absolute atomic E-state index is 0.173. The highest BCUT2D eigenvalue weighted by atomic mass is 16.2. The molecule has 1 fully saturated rings. The lowest BCUT2D eigenvalue weighted by molar-refractivity contribution is -0.138. The van der Waals surface area contributed by atoms with Gasteiger partial charge in [-0.05, 0) is 38.7 Å². The molecule has 6 heteroatoms. The Morgan fingerprint density at radius 2 is 2.32 bits per heavy atom. The van der Waals surface area contributed by atoms with Gasteiger partial charge in [-0.25, -0.2) is 4.98 Å². The van der Waals surface area contributed by atoms with Gasteiger partial charge in [-0.15, -0.1) is 0 Å². The average Bonchev–Trinajstić information content (AvgIpc) is 3.18. The number of aromatic nitrogens is 4. The van der Waals surface area contributed by atoms with E-state index >= 15 is 0 Å². The number of hydrogen-bond acceptors (Lipinski definition) is 3. The van der Waals surface area contributed by atoms with E-state index in [4.69, 9.17) is 0 Å². The highest BCUT2D eigenvalue weighted by Crippen LogP contribution is 2.22. The van der Waals surface area contributed by atoms with Crippen molar-refractivity contribution in [2.24, 2.45) is 0 Å². The fourth-order valence-corrected chi connectivity index (χ4v) is 3.13. The molecule has 0 aromatic carbocycles. The first-order valence-corrected chi connectivity index (χ1v) is 7.92. The molecular weight excluding hydrogens is 278 g/mol. The summed E-state index contributed by atoms with van der Waals surface area (Å²) in [5.74, 6) is 0.173. The molecule has 0 radical (unpaired) electrons. The monoisotopic (exact) mass is 301 g/mol. The van der Waals surface area contributed by atoms with Crippen LogP contribution >= 0.6 is 0 Å². The van der Waals surface area contributed by atoms with Gasteiger partial charge in [-0.3, -0.25) is 9.48 Å². The van der Waals surface area contributed by atoms with Crippen LogP contribution in [0.15, 0.2) is 31.1 Å². The molecule has 0 saturated carbocycles. The molecule has 0 aliphatic carbocycles. The van der Waals surface area contributed by atoms with E-state index in [-0.39, 0.29) is 18.0 Å². The van der Waals surface area contributed by atoms with Gasteiger partial charge in [0.25, 0.3) is 0 Å². The normalized spacial score (nSPS) is 20.1. The van der Waals surface area contributed by atoms with Crippen molar-refractivity contribution in [2.45, 2.75) is 51.7 Å². The molecule has 2 aromatic rings. The van der Waals surface area contributed by atoms with Gasteiger partial charge in [0.2, 0.25) is 5.91 Å². The zero-order valence-corrected chi connectivity index (χ0v) is 13.2. The maximum absolute atomic E-state index is 12.8. The summed E-state index contributed by atoms with van der Waals surface area (Å²) < 4.78 is 3.82. The molecule has 0 spiro atoms. The summed E-state index contributed by atoms with van der Waals surface area (Å²) in [5.41, 5.74) is 1.15. The van der Waals surface area contributed by atoms with Crippen LogP contribution in [-0.4, -0.2) is 42.7 Å². The Morgan fingerprint density at radius 1 is 1.45 bits per heavy atom. The molecule has 1 amide bonds. The van der Waals surface area contributed by atoms with Crippen LogP contribution in [-0.2, 0) is 11.3 Å². The first-order valence-electron chi connectivity index (χ1n) is 7.92. The Bertz CT molecular complexity index is 618. The van der Waals surface area contributed by atoms with Crippen LogP contribution < -0.4 is 0 Å². The van der Waals surface area contributed by atoms with Crippen molar-refractivity contribution in [2.75, 3.05) is 6.54 Å². The van der Waals surface area contributed by atoms with Gasteiger partial charge in [0.1, 0.15) is 6.04 Å². The number of carbonyl (C=O) groups is 1. The molecule has 1 saturated heterocycles. The van der Waals surface area contributed by atoms with Gasteiger partial charge in [0.15, 0.2) is 0 Å². The lowest BCUT2D eigenvalue weighted by atomic mass is 10.0. The number of likely N-dealkylation sites (tertiary alicyclic amines) is 1. The molecule has 1 aliphatic rings. The standard InChI is InChI=1S/C16H23N5O/c1-13-9-18-20(10-13)11-15-5-3-4-7-21(15)16(22)14(2)19-8-6-17-12-19/h6,8-10,12,14-15H,3-5,7,11H2,1-2H3. The molecule has 2 unspecified atom stereocenters. The smallest absolute Gasteiger partial charge is 0.245 e. The second-order valence-corrected chi connectivity index (χ2v) is 6.11. The number of rotatable bonds is 4. The van der Waals surface area contributed by atoms with Gasteiger partial charge in [-0.2, -0.15) is 5.10 Å². The molecule has 3 heterocycles. The van der Waals surface area contributed by atoms with E-state index in [0.29, 0.717) is 0 Å². The van der Waals surface area contributed by atoms with Crippen molar-refractivity contribution < 1.29 is 4.79 Å². The third kappa shape index (κ3) is 3.05. The van der Waals surface area contributed by atoms with E-state index in [9.17, 15) is 4.79 Å². The van der Waals surface area contributed by atoms with Crippen LogP contribution in [0.4, 0.5) is 0 Å². The molecule has 6 nitrogen and oxygen atoms in total. The van der Waals surface area contributed by atoms with E-state index in [2.05, 4.69) is 10.1 Å². The molecule has 0 N–H and O–H groups in total. The number of imidazole rings is 1. The summed E-state index contributed by atoms with van der Waals surface area (Å²) in [4.78, 5) is 18.9. The SMILES string of the molecule is Cc1cnn(CC2CCCCN2C(=O)C(C)n2ccnc2)c1. The maximum Gasteiger partial charge on any atom is 0.245 e. The highest BCUT2D eigenvalue weighted by Gasteiger charge is 2.30. The number of hydrogen-bond donors (Lipinski definition) is 0. The predicted molar refractivity (Wildman–Crippen MR) is 83.3 cm³/mol. The number of amides is 1. The maximum atomic E-state index is 12.8. The van der Waals surface area contributed by atoms with Crippen molar-refractivity contribution in [3.63, 3.8) is 0 Å². The Hall–Kier alpha value is -2.11. The minimum atomic E-state index is -0.206. The van der Waals surface area contributed by atoms with Crippen LogP contribution in [0.5, 0.6) is 0 Å². The predicted octanol–water partition coefficient (Wildman–Crippen LogP) is 2.03. The zero-order valence-electron chi connectivity index (χ0n) is 13.2. The van der Waals surface area contributed by atoms with Crippen molar-refractivity contribution >= 4 is 5.91 Å². The average molecular weight is 301 g/mol. The van der Waals surface area contributed by atoms with Crippen LogP contribution in [0.1, 0.15) is 37.8 Å². The first kappa shape index (κ1) is 14.8. The molecular formula is C16H23N5O. The van der Waals surface area contributed by atoms with Crippen LogP contribution in [0.3, 0.4) is 0 Å². The van der Waals surface area contributed by atoms with Crippen molar-refractivity contribution in [1.82, 2.24) is 24.2 Å². The van der Waals surface area contributed by atoms with Crippen LogP contribution in [0, 0.1) is 6.92 Å². The third-order valence-electron chi connectivity index (χ3n) is 4.40. The Balaban J connectivity index is 1.73. The third-order valence-corrected chi connectivity index (χ3v) is 4.40. The number of aryl methyl sites for hydroxylation is 1. The Kier molecular flexibility index (Phi) is 4.27. The Labute approximate surface area is 130 Å². The summed E-state index contributed by atoms with van der Waals surface area (Å²) in [6.07, 6.45) is 12.5. The summed E-state index contributed by atoms with van der Waals surface area (Å²) in [6.45, 7) is 5.58. The Morgan fingerprint density at radius 3 is 3.00 bits per heavy atom. The van der Waals surface area contributed by atoms with Gasteiger partial charge < -0.3 is 9.47 Å². The summed E-state index contributed by atoms with van der Waals surface area (Å²) in [7, 11) is 0. The van der Waals surface area contributed by atoms with Crippen LogP contribution in [0.2, 0.25) is 0 Å². The van der Waals surface area contributed by atoms with Crippen LogP contribution in [0.25, 0.3) is 0 Å². The summed E-state index contributed by atoms with van der Waals surface area (Å²) in [5, 5.41) is 4.36. The van der Waals surface area contributed by atoms with E-state index < -0.39 is 0 Å². The number of carbonyl (C=O) groups excluding carboxylic acids is 1. The largest absolute Gasteiger partial charge is 0.336 e. The first-order chi connectivity index (χ1) is 10.6. The minimum Gasteiger partial charge on any atom is -0.336 e. The lowest BCUT2D eigenvalue weighted by Crippen LogP contribution is -2.48. The molecule has 3 rings (SSSR count). The lowest BCUT2D eigenvalue weighted by Gasteiger charge is -2.37. The quantitative estimate of drug-likeness (QED) is 0.868. The molecule has 2 atom stereocenters. The zero-order chi connectivity index (χ0) is 15.5. The molecule has 0 bridgehead atoms.